The highest BCUT2D eigenvalue weighted by Gasteiger charge is 2.75. The van der Waals surface area contributed by atoms with E-state index in [0.717, 1.165) is 5.56 Å². The third-order valence-electron chi connectivity index (χ3n) is 10.1. The van der Waals surface area contributed by atoms with Crippen LogP contribution in [0.2, 0.25) is 0 Å². The molecule has 50 heavy (non-hydrogen) atoms. The molecule has 6 rings (SSSR count). The van der Waals surface area contributed by atoms with E-state index in [-0.39, 0.29) is 43.8 Å². The summed E-state index contributed by atoms with van der Waals surface area (Å²) in [5.41, 5.74) is 0.0178. The Morgan fingerprint density at radius 2 is 1.70 bits per heavy atom. The number of hydrogen-bond acceptors (Lipinski definition) is 8. The van der Waals surface area contributed by atoms with Gasteiger partial charge in [0.25, 0.3) is 0 Å². The largest absolute Gasteiger partial charge is 0.455 e. The highest BCUT2D eigenvalue weighted by Crippen LogP contribution is 2.59. The van der Waals surface area contributed by atoms with Crippen LogP contribution in [0.3, 0.4) is 0 Å². The summed E-state index contributed by atoms with van der Waals surface area (Å²) in [5.74, 6) is -3.99. The molecule has 3 amide bonds. The number of nitrogens with zero attached hydrogens (tertiary/aromatic N) is 2. The number of cyclic esters (lactones) is 1. The molecule has 4 aliphatic heterocycles. The minimum atomic E-state index is -1.50. The highest BCUT2D eigenvalue weighted by atomic mass is 79.9. The van der Waals surface area contributed by atoms with Crippen LogP contribution >= 0.6 is 15.9 Å². The number of carbonyl (C=O) groups is 4. The number of amides is 3. The zero-order valence-corrected chi connectivity index (χ0v) is 30.0. The van der Waals surface area contributed by atoms with Gasteiger partial charge < -0.3 is 34.4 Å². The molecule has 2 fully saturated rings. The number of allylic oxidation sites excluding steroid dienone is 1. The summed E-state index contributed by atoms with van der Waals surface area (Å²) in [6, 6.07) is 15.6. The van der Waals surface area contributed by atoms with Crippen LogP contribution in [-0.2, 0) is 39.8 Å². The molecule has 0 unspecified atom stereocenters. The number of carbonyl (C=O) groups excluding carboxylic acids is 4. The Balaban J connectivity index is 1.48. The Bertz CT molecular complexity index is 1630. The molecule has 4 aliphatic rings. The lowest BCUT2D eigenvalue weighted by Gasteiger charge is -2.40. The molecule has 2 aromatic rings. The predicted octanol–water partition coefficient (Wildman–Crippen LogP) is 3.47. The smallest absolute Gasteiger partial charge is 0.313 e. The van der Waals surface area contributed by atoms with Gasteiger partial charge in [-0.2, -0.15) is 0 Å². The van der Waals surface area contributed by atoms with Crippen LogP contribution in [0.1, 0.15) is 43.9 Å². The summed E-state index contributed by atoms with van der Waals surface area (Å²) in [4.78, 5) is 60.6. The van der Waals surface area contributed by atoms with Gasteiger partial charge in [-0.25, -0.2) is 0 Å². The van der Waals surface area contributed by atoms with Gasteiger partial charge in [-0.3, -0.25) is 19.2 Å². The van der Waals surface area contributed by atoms with Crippen molar-refractivity contribution in [1.82, 2.24) is 15.1 Å². The van der Waals surface area contributed by atoms with Gasteiger partial charge in [-0.05, 0) is 43.9 Å². The van der Waals surface area contributed by atoms with Crippen LogP contribution < -0.4 is 5.32 Å². The molecular formula is C38H44BrN3O8. The van der Waals surface area contributed by atoms with Crippen molar-refractivity contribution in [3.05, 3.63) is 94.5 Å². The van der Waals surface area contributed by atoms with Crippen LogP contribution in [0.5, 0.6) is 0 Å². The second kappa shape index (κ2) is 15.2. The number of fused-ring (bicyclic) bond motifs is 2. The van der Waals surface area contributed by atoms with Crippen LogP contribution in [0.25, 0.3) is 0 Å². The first-order chi connectivity index (χ1) is 24.1. The van der Waals surface area contributed by atoms with E-state index in [1.54, 1.807) is 23.1 Å². The molecule has 0 radical (unpaired) electrons. The highest BCUT2D eigenvalue weighted by molar-refractivity contribution is 9.11. The van der Waals surface area contributed by atoms with E-state index < -0.39 is 66.3 Å². The van der Waals surface area contributed by atoms with Gasteiger partial charge in [0, 0.05) is 30.6 Å². The maximum Gasteiger partial charge on any atom is 0.313 e. The van der Waals surface area contributed by atoms with Crippen molar-refractivity contribution in [3.63, 3.8) is 0 Å². The van der Waals surface area contributed by atoms with E-state index in [2.05, 4.69) is 21.2 Å². The van der Waals surface area contributed by atoms with E-state index in [4.69, 9.17) is 14.2 Å². The van der Waals surface area contributed by atoms with Crippen molar-refractivity contribution in [2.24, 2.45) is 11.8 Å². The molecule has 11 nitrogen and oxygen atoms in total. The molecule has 8 atom stereocenters. The summed E-state index contributed by atoms with van der Waals surface area (Å²) in [7, 11) is 1.51. The second-order valence-electron chi connectivity index (χ2n) is 13.6. The Morgan fingerprint density at radius 3 is 2.36 bits per heavy atom. The third-order valence-corrected chi connectivity index (χ3v) is 10.8. The molecule has 2 aromatic carbocycles. The fourth-order valence-electron chi connectivity index (χ4n) is 7.86. The quantitative estimate of drug-likeness (QED) is 0.310. The average Bonchev–Trinajstić information content (AvgIpc) is 3.70. The fraction of sp³-hybridized carbons (Fsp3) is 0.474. The first-order valence-corrected chi connectivity index (χ1v) is 17.9. The number of aliphatic hydroxyl groups is 1. The summed E-state index contributed by atoms with van der Waals surface area (Å²) in [5, 5.41) is 13.8. The minimum Gasteiger partial charge on any atom is -0.455 e. The number of benzene rings is 2. The Hall–Kier alpha value is -3.84. The van der Waals surface area contributed by atoms with Crippen LogP contribution in [-0.4, -0.2) is 101 Å². The number of aliphatic hydroxyl groups excluding tert-OH is 1. The monoisotopic (exact) mass is 749 g/mol. The molecule has 2 N–H and O–H groups in total. The van der Waals surface area contributed by atoms with Gasteiger partial charge in [-0.15, -0.1) is 0 Å². The van der Waals surface area contributed by atoms with Crippen LogP contribution in [0.15, 0.2) is 83.4 Å². The van der Waals surface area contributed by atoms with Crippen molar-refractivity contribution >= 4 is 39.6 Å². The summed E-state index contributed by atoms with van der Waals surface area (Å²) in [6.07, 6.45) is 4.49. The van der Waals surface area contributed by atoms with Crippen LogP contribution in [0, 0.1) is 11.8 Å². The summed E-state index contributed by atoms with van der Waals surface area (Å²) in [6.45, 7) is 3.66. The lowest BCUT2D eigenvalue weighted by atomic mass is 9.74. The van der Waals surface area contributed by atoms with Gasteiger partial charge in [0.2, 0.25) is 17.7 Å². The molecule has 0 saturated carbocycles. The minimum absolute atomic E-state index is 0.0558. The van der Waals surface area contributed by atoms with E-state index in [0.29, 0.717) is 16.5 Å². The van der Waals surface area contributed by atoms with Gasteiger partial charge in [0.05, 0.1) is 31.2 Å². The van der Waals surface area contributed by atoms with Crippen molar-refractivity contribution in [2.75, 3.05) is 26.9 Å². The number of esters is 1. The maximum absolute atomic E-state index is 14.9. The molecule has 5 bridgehead atoms. The SMILES string of the molecule is COC[C@H]1NC(=O)CC/C=C\CN(C(C)C)C(=O)[C@@H]2N([C@@H](CO)Cc3ccccc3)C(=O)[C@H]3[C@H](C(=O)O[C@@H]1c1ccccc1)[C@H]1O[C@@]23C=C1Br. The number of halogens is 1. The van der Waals surface area contributed by atoms with Crippen molar-refractivity contribution in [3.8, 4) is 0 Å². The molecule has 12 heteroatoms. The predicted molar refractivity (Wildman–Crippen MR) is 188 cm³/mol. The summed E-state index contributed by atoms with van der Waals surface area (Å²) >= 11 is 3.61. The number of hydrogen-bond donors (Lipinski definition) is 2. The van der Waals surface area contributed by atoms with E-state index in [1.807, 2.05) is 74.5 Å². The lowest BCUT2D eigenvalue weighted by Crippen LogP contribution is -2.59. The average molecular weight is 751 g/mol. The van der Waals surface area contributed by atoms with Crippen molar-refractivity contribution < 1.29 is 38.5 Å². The summed E-state index contributed by atoms with van der Waals surface area (Å²) < 4.78 is 19.0. The number of methoxy groups -OCH3 is 1. The maximum atomic E-state index is 14.9. The molecule has 1 spiro atoms. The topological polar surface area (TPSA) is 135 Å². The number of likely N-dealkylation sites (tertiary alicyclic amines) is 1. The zero-order valence-electron chi connectivity index (χ0n) is 28.4. The molecule has 2 saturated heterocycles. The Kier molecular flexibility index (Phi) is 10.9. The molecular weight excluding hydrogens is 706 g/mol. The normalized spacial score (nSPS) is 31.4. The number of rotatable bonds is 8. The van der Waals surface area contributed by atoms with E-state index in [9.17, 15) is 24.3 Å². The first kappa shape index (κ1) is 36.0. The molecule has 4 heterocycles. The van der Waals surface area contributed by atoms with E-state index in [1.165, 1.54) is 12.0 Å². The van der Waals surface area contributed by atoms with Gasteiger partial charge >= 0.3 is 5.97 Å². The standard InChI is InChI=1S/C38H44BrN3O8/c1-23(2)41-18-12-6-11-17-29(44)40-28(22-48-3)32(25-15-9-5-10-16-25)49-37(47)30-31-35(45)42(26(21-43)19-24-13-7-4-8-14-24)34(36(41)46)38(31)20-27(39)33(30)50-38/h4-10,12-16,20,23,26,28,30-34,43H,11,17-19,21-22H2,1-3H3,(H,40,44)/b12-6-/t26-,28-,30+,31-,32-,33+,34+,38-/m1/s1. The van der Waals surface area contributed by atoms with Crippen molar-refractivity contribution in [2.45, 2.75) is 75.1 Å². The van der Waals surface area contributed by atoms with Gasteiger partial charge in [-0.1, -0.05) is 88.7 Å². The van der Waals surface area contributed by atoms with Crippen molar-refractivity contribution in [1.29, 1.82) is 0 Å². The third kappa shape index (κ3) is 6.66. The number of nitrogens with one attached hydrogen (secondary N) is 1. The first-order valence-electron chi connectivity index (χ1n) is 17.1. The number of ether oxygens (including phenoxy) is 3. The molecule has 266 valence electrons. The zero-order chi connectivity index (χ0) is 35.6. The molecule has 0 aliphatic carbocycles. The van der Waals surface area contributed by atoms with Gasteiger partial charge in [0.1, 0.15) is 29.8 Å². The Labute approximate surface area is 300 Å². The Morgan fingerprint density at radius 1 is 1.00 bits per heavy atom. The lowest BCUT2D eigenvalue weighted by molar-refractivity contribution is -0.163. The molecule has 0 aromatic heterocycles. The van der Waals surface area contributed by atoms with Crippen LogP contribution in [0.4, 0.5) is 0 Å². The van der Waals surface area contributed by atoms with Gasteiger partial charge in [0.15, 0.2) is 0 Å². The second-order valence-corrected chi connectivity index (χ2v) is 14.5. The fourth-order valence-corrected chi connectivity index (χ4v) is 8.60. The van der Waals surface area contributed by atoms with E-state index >= 15 is 0 Å².